The van der Waals surface area contributed by atoms with E-state index in [1.54, 1.807) is 9.80 Å². The Balaban J connectivity index is 1.36. The van der Waals surface area contributed by atoms with Gasteiger partial charge >= 0.3 is 12.4 Å². The predicted octanol–water partition coefficient (Wildman–Crippen LogP) is 12.8. The van der Waals surface area contributed by atoms with Crippen LogP contribution in [0, 0.1) is 0 Å². The van der Waals surface area contributed by atoms with Crippen LogP contribution in [0.5, 0.6) is 0 Å². The van der Waals surface area contributed by atoms with E-state index in [4.69, 9.17) is 0 Å². The number of unbranched alkanes of at least 4 members (excludes halogenated alkanes) is 6. The van der Waals surface area contributed by atoms with Crippen molar-refractivity contribution in [1.29, 1.82) is 0 Å². The number of thiophene rings is 2. The highest BCUT2D eigenvalue weighted by atomic mass is 32.1. The number of hydrogen-bond donors (Lipinski definition) is 0. The summed E-state index contributed by atoms with van der Waals surface area (Å²) in [5.74, 6) is -0.561. The maximum absolute atomic E-state index is 14.9. The van der Waals surface area contributed by atoms with Crippen molar-refractivity contribution >= 4 is 45.9 Å². The molecule has 0 radical (unpaired) electrons. The molecule has 0 saturated carbocycles. The Hall–Kier alpha value is -4.24. The summed E-state index contributed by atoms with van der Waals surface area (Å²) in [6.07, 6.45) is -1.71. The van der Waals surface area contributed by atoms with Crippen molar-refractivity contribution in [3.63, 3.8) is 0 Å². The molecule has 0 unspecified atom stereocenters. The summed E-state index contributed by atoms with van der Waals surface area (Å²) in [6, 6.07) is 17.3. The summed E-state index contributed by atoms with van der Waals surface area (Å²) in [5, 5.41) is 0. The molecule has 2 aromatic heterocycles. The zero-order valence-corrected chi connectivity index (χ0v) is 37.6. The number of carbonyl (C=O) groups is 2. The van der Waals surface area contributed by atoms with Gasteiger partial charge in [0, 0.05) is 22.8 Å². The molecule has 0 bridgehead atoms. The molecule has 2 aliphatic rings. The van der Waals surface area contributed by atoms with Crippen LogP contribution < -0.4 is 0 Å². The molecule has 14 heteroatoms. The average Bonchev–Trinajstić information content (AvgIpc) is 4.05. The van der Waals surface area contributed by atoms with Gasteiger partial charge in [-0.15, -0.1) is 22.7 Å². The molecule has 334 valence electrons. The Morgan fingerprint density at radius 1 is 0.452 bits per heavy atom. The number of hydrogen-bond acceptors (Lipinski definition) is 6. The first-order valence-corrected chi connectivity index (χ1v) is 23.5. The van der Waals surface area contributed by atoms with Crippen LogP contribution in [-0.4, -0.2) is 83.8 Å². The van der Waals surface area contributed by atoms with Gasteiger partial charge in [-0.25, -0.2) is 0 Å². The van der Waals surface area contributed by atoms with Gasteiger partial charge in [0.1, 0.15) is 0 Å². The van der Waals surface area contributed by atoms with Crippen molar-refractivity contribution in [2.24, 2.45) is 0 Å². The molecule has 0 N–H and O–H groups in total. The molecular weight excluding hydrogens is 843 g/mol. The van der Waals surface area contributed by atoms with E-state index in [0.717, 1.165) is 102 Å². The summed E-state index contributed by atoms with van der Waals surface area (Å²) < 4.78 is 80.4. The number of amides is 2. The molecule has 0 spiro atoms. The predicted molar refractivity (Wildman–Crippen MR) is 239 cm³/mol. The van der Waals surface area contributed by atoms with Crippen molar-refractivity contribution in [3.8, 4) is 20.9 Å². The summed E-state index contributed by atoms with van der Waals surface area (Å²) in [7, 11) is 0. The van der Waals surface area contributed by atoms with E-state index < -0.39 is 23.5 Å². The first-order chi connectivity index (χ1) is 29.7. The Bertz CT molecular complexity index is 2040. The van der Waals surface area contributed by atoms with E-state index in [2.05, 4.69) is 37.5 Å². The minimum atomic E-state index is -4.47. The highest BCUT2D eigenvalue weighted by Crippen LogP contribution is 2.50. The molecule has 6 nitrogen and oxygen atoms in total. The van der Waals surface area contributed by atoms with Gasteiger partial charge in [0.15, 0.2) is 0 Å². The Labute approximate surface area is 369 Å². The van der Waals surface area contributed by atoms with E-state index in [9.17, 15) is 35.9 Å². The lowest BCUT2D eigenvalue weighted by atomic mass is 10.1. The Kier molecular flexibility index (Phi) is 16.0. The number of halogens is 6. The van der Waals surface area contributed by atoms with Gasteiger partial charge in [0.05, 0.1) is 43.4 Å². The number of rotatable bonds is 22. The molecule has 2 aromatic carbocycles. The lowest BCUT2D eigenvalue weighted by molar-refractivity contribution is -0.138. The molecule has 0 aliphatic carbocycles. The van der Waals surface area contributed by atoms with Gasteiger partial charge in [0.2, 0.25) is 0 Å². The third-order valence-corrected chi connectivity index (χ3v) is 14.1. The smallest absolute Gasteiger partial charge is 0.306 e. The molecule has 4 aromatic rings. The maximum Gasteiger partial charge on any atom is 0.416 e. The molecule has 4 heterocycles. The zero-order chi connectivity index (χ0) is 44.6. The maximum atomic E-state index is 14.9. The van der Waals surface area contributed by atoms with Crippen molar-refractivity contribution in [2.45, 2.75) is 91.4 Å². The molecule has 2 aliphatic heterocycles. The van der Waals surface area contributed by atoms with Crippen LogP contribution in [0.15, 0.2) is 83.9 Å². The molecule has 0 fully saturated rings. The van der Waals surface area contributed by atoms with Crippen LogP contribution in [0.1, 0.15) is 99.9 Å². The molecule has 6 rings (SSSR count). The van der Waals surface area contributed by atoms with Crippen molar-refractivity contribution in [2.75, 3.05) is 52.4 Å². The molecular formula is C48H56F6N4O2S2. The van der Waals surface area contributed by atoms with E-state index in [1.807, 2.05) is 24.3 Å². The van der Waals surface area contributed by atoms with Gasteiger partial charge in [-0.05, 0) is 125 Å². The second kappa shape index (κ2) is 21.0. The second-order valence-electron chi connectivity index (χ2n) is 15.7. The fraction of sp³-hybridized carbons (Fsp3) is 0.458. The van der Waals surface area contributed by atoms with Gasteiger partial charge in [-0.3, -0.25) is 9.59 Å². The minimum Gasteiger partial charge on any atom is -0.306 e. The Morgan fingerprint density at radius 3 is 1.10 bits per heavy atom. The van der Waals surface area contributed by atoms with E-state index in [-0.39, 0.29) is 11.8 Å². The van der Waals surface area contributed by atoms with Crippen LogP contribution >= 0.6 is 22.7 Å². The molecule has 62 heavy (non-hydrogen) atoms. The topological polar surface area (TPSA) is 47.1 Å². The molecule has 2 amide bonds. The van der Waals surface area contributed by atoms with E-state index >= 15 is 0 Å². The van der Waals surface area contributed by atoms with E-state index in [1.165, 1.54) is 46.9 Å². The third kappa shape index (κ3) is 10.9. The molecule has 0 atom stereocenters. The number of alkyl halides is 6. The number of benzene rings is 2. The first-order valence-electron chi connectivity index (χ1n) is 21.8. The fourth-order valence-electron chi connectivity index (χ4n) is 8.22. The average molecular weight is 899 g/mol. The third-order valence-electron chi connectivity index (χ3n) is 11.9. The summed E-state index contributed by atoms with van der Waals surface area (Å²) in [5.41, 5.74) is 1.36. The first kappa shape index (κ1) is 47.2. The number of carbonyl (C=O) groups excluding carboxylic acids is 2. The standard InChI is InChI=1S/C48H56F6N4O2S2/c1-5-55(6-2)29-13-9-11-15-31-57-43(39-27-25-37(61-39)33-17-21-35(22-18-33)47(49,50)51)41-42(45(57)59)44(58(46(41)60)32-16-12-10-14-30-56(7-3)8-4)40-28-26-38(62-40)34-19-23-36(24-20-34)48(52,53)54/h17-28H,5-16,29-32H2,1-4H3. The lowest BCUT2D eigenvalue weighted by Crippen LogP contribution is -2.30. The van der Waals surface area contributed by atoms with Gasteiger partial charge in [0.25, 0.3) is 11.8 Å². The van der Waals surface area contributed by atoms with Crippen molar-refractivity contribution < 1.29 is 35.9 Å². The number of fused-ring (bicyclic) bond motifs is 1. The highest BCUT2D eigenvalue weighted by Gasteiger charge is 2.49. The van der Waals surface area contributed by atoms with Crippen LogP contribution in [0.25, 0.3) is 32.3 Å². The zero-order valence-electron chi connectivity index (χ0n) is 35.9. The number of nitrogens with zero attached hydrogens (tertiary/aromatic N) is 4. The van der Waals surface area contributed by atoms with Gasteiger partial charge in [-0.2, -0.15) is 26.3 Å². The van der Waals surface area contributed by atoms with Crippen LogP contribution in [0.4, 0.5) is 26.3 Å². The minimum absolute atomic E-state index is 0.280. The van der Waals surface area contributed by atoms with Crippen molar-refractivity contribution in [1.82, 2.24) is 19.6 Å². The van der Waals surface area contributed by atoms with Crippen LogP contribution in [-0.2, 0) is 21.9 Å². The van der Waals surface area contributed by atoms with Crippen LogP contribution in [0.2, 0.25) is 0 Å². The van der Waals surface area contributed by atoms with Crippen LogP contribution in [0.3, 0.4) is 0 Å². The quantitative estimate of drug-likeness (QED) is 0.0582. The largest absolute Gasteiger partial charge is 0.416 e. The van der Waals surface area contributed by atoms with Gasteiger partial charge in [-0.1, -0.05) is 77.6 Å². The van der Waals surface area contributed by atoms with Gasteiger partial charge < -0.3 is 19.6 Å². The summed E-state index contributed by atoms with van der Waals surface area (Å²) in [4.78, 5) is 40.8. The molecule has 0 saturated heterocycles. The monoisotopic (exact) mass is 898 g/mol. The van der Waals surface area contributed by atoms with Crippen molar-refractivity contribution in [3.05, 3.63) is 105 Å². The summed E-state index contributed by atoms with van der Waals surface area (Å²) in [6.45, 7) is 15.3. The normalized spacial score (nSPS) is 14.8. The Morgan fingerprint density at radius 2 is 0.774 bits per heavy atom. The lowest BCUT2D eigenvalue weighted by Gasteiger charge is -2.24. The van der Waals surface area contributed by atoms with E-state index in [0.29, 0.717) is 79.1 Å². The summed E-state index contributed by atoms with van der Waals surface area (Å²) >= 11 is 2.66. The highest BCUT2D eigenvalue weighted by molar-refractivity contribution is 7.17. The second-order valence-corrected chi connectivity index (χ2v) is 17.9. The SMILES string of the molecule is CCN(CC)CCCCCCN1C(=O)C2=C(c3ccc(-c4ccc(C(F)(F)F)cc4)s3)N(CCCCCCN(CC)CC)C(=O)C2=C1c1ccc(-c2ccc(C(F)(F)F)cc2)s1. The fourth-order valence-corrected chi connectivity index (χ4v) is 10.4.